The molecule has 84 valence electrons. The lowest BCUT2D eigenvalue weighted by molar-refractivity contribution is 0.329. The highest BCUT2D eigenvalue weighted by Gasteiger charge is 2.08. The normalized spacial score (nSPS) is 10.4. The predicted octanol–water partition coefficient (Wildman–Crippen LogP) is 4.62. The van der Waals surface area contributed by atoms with Crippen LogP contribution in [-0.4, -0.2) is 4.98 Å². The minimum absolute atomic E-state index is 0.152. The van der Waals surface area contributed by atoms with Crippen molar-refractivity contribution in [3.05, 3.63) is 39.7 Å². The van der Waals surface area contributed by atoms with Gasteiger partial charge in [-0.25, -0.2) is 0 Å². The molecule has 0 aliphatic carbocycles. The molecule has 0 saturated carbocycles. The molecule has 0 unspecified atom stereocenters. The Morgan fingerprint density at radius 2 is 2.25 bits per heavy atom. The molecule has 0 atom stereocenters. The molecule has 0 aliphatic heterocycles. The molecule has 0 fully saturated rings. The van der Waals surface area contributed by atoms with E-state index in [2.05, 4.69) is 20.9 Å². The minimum atomic E-state index is 0.152. The topological polar surface area (TPSA) is 35.3 Å². The van der Waals surface area contributed by atoms with E-state index in [1.165, 1.54) is 6.26 Å². The number of rotatable bonds is 3. The lowest BCUT2D eigenvalue weighted by atomic mass is 10.3. The van der Waals surface area contributed by atoms with Crippen molar-refractivity contribution in [1.82, 2.24) is 4.98 Å². The van der Waals surface area contributed by atoms with E-state index in [9.17, 15) is 0 Å². The molecule has 6 heteroatoms. The van der Waals surface area contributed by atoms with Crippen LogP contribution in [0.3, 0.4) is 0 Å². The second kappa shape index (κ2) is 5.08. The first kappa shape index (κ1) is 11.8. The second-order valence-electron chi connectivity index (χ2n) is 2.92. The lowest BCUT2D eigenvalue weighted by Crippen LogP contribution is -1.86. The summed E-state index contributed by atoms with van der Waals surface area (Å²) in [6, 6.07) is 5.16. The van der Waals surface area contributed by atoms with Crippen LogP contribution in [0, 0.1) is 0 Å². The summed E-state index contributed by atoms with van der Waals surface area (Å²) < 4.78 is 11.2. The maximum atomic E-state index is 5.80. The van der Waals surface area contributed by atoms with Gasteiger partial charge in [0.05, 0.1) is 16.0 Å². The lowest BCUT2D eigenvalue weighted by Gasteiger charge is -2.03. The van der Waals surface area contributed by atoms with Gasteiger partial charge in [-0.1, -0.05) is 11.6 Å². The zero-order valence-electron chi connectivity index (χ0n) is 7.91. The smallest absolute Gasteiger partial charge is 0.399 e. The molecule has 1 aromatic carbocycles. The van der Waals surface area contributed by atoms with Crippen LogP contribution in [0.2, 0.25) is 5.02 Å². The number of benzene rings is 1. The molecular weight excluding hydrogens is 317 g/mol. The van der Waals surface area contributed by atoms with Gasteiger partial charge in [-0.2, -0.15) is 4.98 Å². The van der Waals surface area contributed by atoms with Crippen LogP contribution in [-0.2, 0) is 5.88 Å². The summed E-state index contributed by atoms with van der Waals surface area (Å²) in [7, 11) is 0. The molecule has 0 N–H and O–H groups in total. The first-order valence-electron chi connectivity index (χ1n) is 4.32. The zero-order valence-corrected chi connectivity index (χ0v) is 11.0. The molecule has 0 spiro atoms. The average molecular weight is 323 g/mol. The van der Waals surface area contributed by atoms with Crippen LogP contribution in [0.15, 0.2) is 33.4 Å². The van der Waals surface area contributed by atoms with Crippen molar-refractivity contribution in [3.63, 3.8) is 0 Å². The summed E-state index contributed by atoms with van der Waals surface area (Å²) in [5, 5.41) is 0.619. The molecule has 2 aromatic rings. The number of nitrogens with zero attached hydrogens (tertiary/aromatic N) is 1. The van der Waals surface area contributed by atoms with Gasteiger partial charge in [0.1, 0.15) is 12.0 Å². The van der Waals surface area contributed by atoms with Gasteiger partial charge in [-0.05, 0) is 34.1 Å². The Labute approximate surface area is 110 Å². The molecule has 0 aliphatic rings. The molecule has 0 saturated heterocycles. The van der Waals surface area contributed by atoms with E-state index in [1.54, 1.807) is 18.2 Å². The number of hydrogen-bond donors (Lipinski definition) is 0. The largest absolute Gasteiger partial charge is 0.417 e. The van der Waals surface area contributed by atoms with Crippen LogP contribution in [0.4, 0.5) is 0 Å². The number of ether oxygens (including phenoxy) is 1. The van der Waals surface area contributed by atoms with Gasteiger partial charge in [0.2, 0.25) is 0 Å². The van der Waals surface area contributed by atoms with Crippen LogP contribution in [0.1, 0.15) is 5.69 Å². The van der Waals surface area contributed by atoms with Gasteiger partial charge >= 0.3 is 6.08 Å². The SMILES string of the molecule is ClCc1coc(Oc2ccc(Cl)cc2Br)n1. The van der Waals surface area contributed by atoms with E-state index in [-0.39, 0.29) is 12.0 Å². The van der Waals surface area contributed by atoms with E-state index in [4.69, 9.17) is 32.4 Å². The van der Waals surface area contributed by atoms with E-state index in [0.29, 0.717) is 16.5 Å². The third-order valence-electron chi connectivity index (χ3n) is 1.76. The fraction of sp³-hybridized carbons (Fsp3) is 0.100. The number of oxazole rings is 1. The first-order chi connectivity index (χ1) is 7.69. The quantitative estimate of drug-likeness (QED) is 0.773. The van der Waals surface area contributed by atoms with E-state index >= 15 is 0 Å². The molecule has 16 heavy (non-hydrogen) atoms. The van der Waals surface area contributed by atoms with Crippen LogP contribution >= 0.6 is 39.1 Å². The van der Waals surface area contributed by atoms with Gasteiger partial charge in [0.15, 0.2) is 0 Å². The summed E-state index contributed by atoms with van der Waals surface area (Å²) in [4.78, 5) is 4.01. The Morgan fingerprint density at radius 3 is 2.88 bits per heavy atom. The van der Waals surface area contributed by atoms with Crippen molar-refractivity contribution in [2.75, 3.05) is 0 Å². The number of alkyl halides is 1. The number of hydrogen-bond acceptors (Lipinski definition) is 3. The number of halogens is 3. The highest BCUT2D eigenvalue weighted by molar-refractivity contribution is 9.10. The fourth-order valence-electron chi connectivity index (χ4n) is 1.05. The Bertz CT molecular complexity index is 501. The fourth-order valence-corrected chi connectivity index (χ4v) is 1.94. The van der Waals surface area contributed by atoms with Crippen molar-refractivity contribution < 1.29 is 9.15 Å². The molecular formula is C10H6BrCl2NO2. The van der Waals surface area contributed by atoms with Crippen molar-refractivity contribution in [1.29, 1.82) is 0 Å². The first-order valence-corrected chi connectivity index (χ1v) is 6.03. The van der Waals surface area contributed by atoms with Crippen molar-refractivity contribution in [2.24, 2.45) is 0 Å². The summed E-state index contributed by atoms with van der Waals surface area (Å²) in [5.74, 6) is 0.863. The Balaban J connectivity index is 2.20. The van der Waals surface area contributed by atoms with Gasteiger partial charge < -0.3 is 9.15 Å². The van der Waals surface area contributed by atoms with E-state index < -0.39 is 0 Å². The zero-order chi connectivity index (χ0) is 11.5. The third kappa shape index (κ3) is 2.70. The number of aromatic nitrogens is 1. The van der Waals surface area contributed by atoms with E-state index in [1.807, 2.05) is 0 Å². The van der Waals surface area contributed by atoms with Crippen LogP contribution in [0.5, 0.6) is 11.8 Å². The second-order valence-corrected chi connectivity index (χ2v) is 4.47. The Hall–Kier alpha value is -0.710. The predicted molar refractivity (Wildman–Crippen MR) is 65.3 cm³/mol. The maximum absolute atomic E-state index is 5.80. The van der Waals surface area contributed by atoms with Gasteiger partial charge in [-0.3, -0.25) is 0 Å². The summed E-state index contributed by atoms with van der Waals surface area (Å²) in [6.45, 7) is 0. The summed E-state index contributed by atoms with van der Waals surface area (Å²) in [6.07, 6.45) is 1.60. The van der Waals surface area contributed by atoms with Crippen LogP contribution in [0.25, 0.3) is 0 Å². The Kier molecular flexibility index (Phi) is 3.74. The average Bonchev–Trinajstić information content (AvgIpc) is 2.70. The third-order valence-corrected chi connectivity index (χ3v) is 2.89. The summed E-state index contributed by atoms with van der Waals surface area (Å²) >= 11 is 14.7. The van der Waals surface area contributed by atoms with Gasteiger partial charge in [0, 0.05) is 5.02 Å². The monoisotopic (exact) mass is 321 g/mol. The molecule has 2 rings (SSSR count). The molecule has 1 aromatic heterocycles. The maximum Gasteiger partial charge on any atom is 0.399 e. The van der Waals surface area contributed by atoms with Gasteiger partial charge in [-0.15, -0.1) is 11.6 Å². The minimum Gasteiger partial charge on any atom is -0.417 e. The van der Waals surface area contributed by atoms with Crippen molar-refractivity contribution in [2.45, 2.75) is 5.88 Å². The molecule has 1 heterocycles. The molecule has 0 amide bonds. The highest BCUT2D eigenvalue weighted by Crippen LogP contribution is 2.31. The van der Waals surface area contributed by atoms with Gasteiger partial charge in [0.25, 0.3) is 0 Å². The molecule has 3 nitrogen and oxygen atoms in total. The standard InChI is InChI=1S/C10H6BrCl2NO2/c11-8-3-6(13)1-2-9(8)16-10-14-7(4-12)5-15-10/h1-3,5H,4H2. The molecule has 0 bridgehead atoms. The Morgan fingerprint density at radius 1 is 1.44 bits per heavy atom. The van der Waals surface area contributed by atoms with Crippen molar-refractivity contribution in [3.8, 4) is 11.8 Å². The molecule has 0 radical (unpaired) electrons. The summed E-state index contributed by atoms with van der Waals surface area (Å²) in [5.41, 5.74) is 0.627. The highest BCUT2D eigenvalue weighted by atomic mass is 79.9. The van der Waals surface area contributed by atoms with E-state index in [0.717, 1.165) is 4.47 Å². The van der Waals surface area contributed by atoms with Crippen molar-refractivity contribution >= 4 is 39.1 Å². The van der Waals surface area contributed by atoms with Crippen LogP contribution < -0.4 is 4.74 Å².